The van der Waals surface area contributed by atoms with E-state index in [1.54, 1.807) is 6.07 Å². The number of hydrogen-bond acceptors (Lipinski definition) is 5. The number of nitrogens with zero attached hydrogens (tertiary/aromatic N) is 1. The van der Waals surface area contributed by atoms with Crippen LogP contribution in [0, 0.1) is 0 Å². The summed E-state index contributed by atoms with van der Waals surface area (Å²) in [5.41, 5.74) is 4.35. The maximum absolute atomic E-state index is 13.2. The van der Waals surface area contributed by atoms with Crippen molar-refractivity contribution in [2.45, 2.75) is 25.3 Å². The first kappa shape index (κ1) is 20.6. The standard InChI is InChI=1S/C25H21N3O2S2/c29-23(28-25-27-22-18-10-5-4-9-17(18)12-13-20(22)32-25)19(15-16-7-2-1-3-8-16)26-24(30)21-11-6-14-31-21/h1-11,14,19H,12-13,15H2,(H,26,30)(H,27,28,29)/t19-/m1/s1. The second kappa shape index (κ2) is 9.06. The number of carbonyl (C=O) groups excluding carboxylic acids is 2. The van der Waals surface area contributed by atoms with Crippen molar-refractivity contribution in [1.82, 2.24) is 10.3 Å². The molecule has 5 nitrogen and oxygen atoms in total. The van der Waals surface area contributed by atoms with Crippen LogP contribution in [0.25, 0.3) is 11.3 Å². The van der Waals surface area contributed by atoms with E-state index in [2.05, 4.69) is 22.8 Å². The average molecular weight is 460 g/mol. The molecule has 5 rings (SSSR count). The number of hydrogen-bond donors (Lipinski definition) is 2. The van der Waals surface area contributed by atoms with Gasteiger partial charge in [-0.05, 0) is 35.4 Å². The summed E-state index contributed by atoms with van der Waals surface area (Å²) in [4.78, 5) is 32.4. The van der Waals surface area contributed by atoms with E-state index in [1.807, 2.05) is 53.9 Å². The first-order valence-corrected chi connectivity index (χ1v) is 12.1. The van der Waals surface area contributed by atoms with E-state index >= 15 is 0 Å². The summed E-state index contributed by atoms with van der Waals surface area (Å²) in [5, 5.41) is 8.28. The third-order valence-corrected chi connectivity index (χ3v) is 7.37. The summed E-state index contributed by atoms with van der Waals surface area (Å²) in [6, 6.07) is 20.8. The van der Waals surface area contributed by atoms with Crippen LogP contribution in [0.15, 0.2) is 72.1 Å². The van der Waals surface area contributed by atoms with E-state index in [-0.39, 0.29) is 11.8 Å². The SMILES string of the molecule is O=C(N[C@H](Cc1ccccc1)C(=O)Nc1nc2c(s1)CCc1ccccc1-2)c1cccs1. The zero-order chi connectivity index (χ0) is 21.9. The number of amides is 2. The molecule has 0 saturated carbocycles. The Bertz CT molecular complexity index is 1250. The first-order chi connectivity index (χ1) is 15.7. The van der Waals surface area contributed by atoms with Gasteiger partial charge in [0.1, 0.15) is 6.04 Å². The number of aromatic nitrogens is 1. The predicted molar refractivity (Wildman–Crippen MR) is 129 cm³/mol. The van der Waals surface area contributed by atoms with Gasteiger partial charge in [-0.2, -0.15) is 0 Å². The number of anilines is 1. The summed E-state index contributed by atoms with van der Waals surface area (Å²) < 4.78 is 0. The third-order valence-electron chi connectivity index (χ3n) is 5.47. The van der Waals surface area contributed by atoms with Gasteiger partial charge < -0.3 is 10.6 Å². The number of benzene rings is 2. The number of aryl methyl sites for hydroxylation is 2. The van der Waals surface area contributed by atoms with E-state index in [4.69, 9.17) is 4.98 Å². The zero-order valence-corrected chi connectivity index (χ0v) is 18.8. The fraction of sp³-hybridized carbons (Fsp3) is 0.160. The molecule has 2 N–H and O–H groups in total. The van der Waals surface area contributed by atoms with Crippen LogP contribution < -0.4 is 10.6 Å². The third kappa shape index (κ3) is 4.35. The van der Waals surface area contributed by atoms with Crippen molar-refractivity contribution in [1.29, 1.82) is 0 Å². The van der Waals surface area contributed by atoms with Gasteiger partial charge in [0, 0.05) is 16.9 Å². The molecular formula is C25H21N3O2S2. The number of nitrogens with one attached hydrogen (secondary N) is 2. The molecular weight excluding hydrogens is 438 g/mol. The molecule has 32 heavy (non-hydrogen) atoms. The molecule has 2 heterocycles. The Morgan fingerprint density at radius 1 is 0.969 bits per heavy atom. The lowest BCUT2D eigenvalue weighted by molar-refractivity contribution is -0.118. The van der Waals surface area contributed by atoms with Crippen molar-refractivity contribution >= 4 is 39.6 Å². The normalized spacial score (nSPS) is 13.0. The van der Waals surface area contributed by atoms with Crippen LogP contribution in [-0.2, 0) is 24.1 Å². The van der Waals surface area contributed by atoms with Crippen LogP contribution >= 0.6 is 22.7 Å². The number of carbonyl (C=O) groups is 2. The molecule has 7 heteroatoms. The summed E-state index contributed by atoms with van der Waals surface area (Å²) in [6.45, 7) is 0. The van der Waals surface area contributed by atoms with Crippen LogP contribution in [0.4, 0.5) is 5.13 Å². The maximum atomic E-state index is 13.2. The second-order valence-electron chi connectivity index (χ2n) is 7.63. The number of rotatable bonds is 6. The molecule has 2 aromatic carbocycles. The van der Waals surface area contributed by atoms with E-state index in [0.29, 0.717) is 16.4 Å². The van der Waals surface area contributed by atoms with Gasteiger partial charge in [0.25, 0.3) is 5.91 Å². The Balaban J connectivity index is 1.37. The minimum atomic E-state index is -0.708. The Kier molecular flexibility index (Phi) is 5.83. The molecule has 2 amide bonds. The highest BCUT2D eigenvalue weighted by Gasteiger charge is 2.25. The molecule has 0 bridgehead atoms. The molecule has 1 aliphatic rings. The highest BCUT2D eigenvalue weighted by atomic mass is 32.1. The highest BCUT2D eigenvalue weighted by Crippen LogP contribution is 2.38. The fourth-order valence-corrected chi connectivity index (χ4v) is 5.50. The van der Waals surface area contributed by atoms with E-state index in [0.717, 1.165) is 29.7 Å². The Morgan fingerprint density at radius 2 is 1.78 bits per heavy atom. The minimum absolute atomic E-state index is 0.247. The lowest BCUT2D eigenvalue weighted by Gasteiger charge is -2.17. The summed E-state index contributed by atoms with van der Waals surface area (Å²) in [6.07, 6.45) is 2.30. The second-order valence-corrected chi connectivity index (χ2v) is 9.66. The van der Waals surface area contributed by atoms with Crippen molar-refractivity contribution in [2.24, 2.45) is 0 Å². The molecule has 160 valence electrons. The van der Waals surface area contributed by atoms with Gasteiger partial charge in [0.15, 0.2) is 5.13 Å². The lowest BCUT2D eigenvalue weighted by Crippen LogP contribution is -2.45. The van der Waals surface area contributed by atoms with E-state index in [1.165, 1.54) is 33.1 Å². The Labute approximate surface area is 194 Å². The van der Waals surface area contributed by atoms with Crippen molar-refractivity contribution in [3.63, 3.8) is 0 Å². The van der Waals surface area contributed by atoms with Crippen molar-refractivity contribution in [3.8, 4) is 11.3 Å². The van der Waals surface area contributed by atoms with Crippen LogP contribution in [0.2, 0.25) is 0 Å². The summed E-state index contributed by atoms with van der Waals surface area (Å²) in [5.74, 6) is -0.512. The molecule has 2 aromatic heterocycles. The van der Waals surface area contributed by atoms with E-state index in [9.17, 15) is 9.59 Å². The fourth-order valence-electron chi connectivity index (χ4n) is 3.89. The zero-order valence-electron chi connectivity index (χ0n) is 17.2. The van der Waals surface area contributed by atoms with Gasteiger partial charge in [-0.25, -0.2) is 4.98 Å². The molecule has 0 aliphatic heterocycles. The van der Waals surface area contributed by atoms with Crippen molar-refractivity contribution in [3.05, 3.63) is 93.0 Å². The molecule has 4 aromatic rings. The minimum Gasteiger partial charge on any atom is -0.339 e. The topological polar surface area (TPSA) is 71.1 Å². The molecule has 0 saturated heterocycles. The van der Waals surface area contributed by atoms with E-state index < -0.39 is 6.04 Å². The molecule has 1 aliphatic carbocycles. The Hall–Kier alpha value is -3.29. The molecule has 0 radical (unpaired) electrons. The summed E-state index contributed by atoms with van der Waals surface area (Å²) in [7, 11) is 0. The monoisotopic (exact) mass is 459 g/mol. The average Bonchev–Trinajstić information content (AvgIpc) is 3.49. The van der Waals surface area contributed by atoms with Crippen molar-refractivity contribution in [2.75, 3.05) is 5.32 Å². The largest absolute Gasteiger partial charge is 0.339 e. The maximum Gasteiger partial charge on any atom is 0.262 e. The van der Waals surface area contributed by atoms with Crippen LogP contribution in [0.5, 0.6) is 0 Å². The molecule has 1 atom stereocenters. The quantitative estimate of drug-likeness (QED) is 0.429. The molecule has 0 spiro atoms. The summed E-state index contributed by atoms with van der Waals surface area (Å²) >= 11 is 2.87. The van der Waals surface area contributed by atoms with Crippen molar-refractivity contribution < 1.29 is 9.59 Å². The van der Waals surface area contributed by atoms with Crippen LogP contribution in [0.3, 0.4) is 0 Å². The number of thiazole rings is 1. The van der Waals surface area contributed by atoms with Crippen LogP contribution in [0.1, 0.15) is 25.7 Å². The van der Waals surface area contributed by atoms with Gasteiger partial charge in [0.05, 0.1) is 10.6 Å². The number of thiophene rings is 1. The predicted octanol–water partition coefficient (Wildman–Crippen LogP) is 4.95. The van der Waals surface area contributed by atoms with Gasteiger partial charge >= 0.3 is 0 Å². The van der Waals surface area contributed by atoms with Gasteiger partial charge in [-0.3, -0.25) is 9.59 Å². The van der Waals surface area contributed by atoms with Gasteiger partial charge in [-0.1, -0.05) is 60.7 Å². The smallest absolute Gasteiger partial charge is 0.262 e. The molecule has 0 fully saturated rings. The highest BCUT2D eigenvalue weighted by molar-refractivity contribution is 7.16. The first-order valence-electron chi connectivity index (χ1n) is 10.4. The Morgan fingerprint density at radius 3 is 2.59 bits per heavy atom. The van der Waals surface area contributed by atoms with Crippen LogP contribution in [-0.4, -0.2) is 22.8 Å². The van der Waals surface area contributed by atoms with Gasteiger partial charge in [-0.15, -0.1) is 22.7 Å². The number of fused-ring (bicyclic) bond motifs is 3. The molecule has 0 unspecified atom stereocenters. The van der Waals surface area contributed by atoms with Gasteiger partial charge in [0.2, 0.25) is 5.91 Å². The lowest BCUT2D eigenvalue weighted by atomic mass is 9.94.